The minimum atomic E-state index is -4.49. The lowest BCUT2D eigenvalue weighted by molar-refractivity contribution is -0.138. The Morgan fingerprint density at radius 1 is 0.923 bits per heavy atom. The molecule has 0 spiro atoms. The monoisotopic (exact) mass is 736 g/mol. The van der Waals surface area contributed by atoms with Crippen molar-refractivity contribution < 1.29 is 37.4 Å². The molecule has 13 heteroatoms. The maximum atomic E-state index is 13.6. The number of alkyl halides is 3. The second-order valence-corrected chi connectivity index (χ2v) is 13.1. The van der Waals surface area contributed by atoms with Crippen molar-refractivity contribution in [2.24, 2.45) is 0 Å². The lowest BCUT2D eigenvalue weighted by Crippen LogP contribution is -2.23. The summed E-state index contributed by atoms with van der Waals surface area (Å²) in [6.45, 7) is 7.81. The van der Waals surface area contributed by atoms with Crippen molar-refractivity contribution in [1.82, 2.24) is 10.3 Å². The number of aromatic nitrogens is 1. The normalized spacial score (nSPS) is 11.9. The number of hydrogen-bond donors (Lipinski definition) is 3. The van der Waals surface area contributed by atoms with Gasteiger partial charge in [-0.05, 0) is 92.9 Å². The van der Waals surface area contributed by atoms with Gasteiger partial charge in [-0.2, -0.15) is 24.9 Å². The fourth-order valence-electron chi connectivity index (χ4n) is 5.40. The molecule has 2 amide bonds. The van der Waals surface area contributed by atoms with Gasteiger partial charge >= 0.3 is 12.1 Å². The average Bonchev–Trinajstić information content (AvgIpc) is 3.13. The summed E-state index contributed by atoms with van der Waals surface area (Å²) in [6, 6.07) is 20.9. The quantitative estimate of drug-likeness (QED) is 0.0873. The Labute approximate surface area is 306 Å². The highest BCUT2D eigenvalue weighted by Crippen LogP contribution is 2.33. The molecule has 0 aliphatic heterocycles. The zero-order valence-electron chi connectivity index (χ0n) is 29.3. The van der Waals surface area contributed by atoms with E-state index in [0.29, 0.717) is 52.6 Å². The van der Waals surface area contributed by atoms with Crippen LogP contribution >= 0.6 is 11.8 Å². The first-order valence-electron chi connectivity index (χ1n) is 17.0. The summed E-state index contributed by atoms with van der Waals surface area (Å²) in [4.78, 5) is 44.1. The minimum absolute atomic E-state index is 0.0693. The zero-order valence-corrected chi connectivity index (χ0v) is 30.2. The van der Waals surface area contributed by atoms with E-state index < -0.39 is 23.6 Å². The smallest absolute Gasteiger partial charge is 0.416 e. The molecular formula is C39H43F3N4O5S. The Kier molecular flexibility index (Phi) is 14.7. The number of benzene rings is 3. The molecule has 0 saturated carbocycles. The molecule has 0 radical (unpaired) electrons. The molecule has 1 heterocycles. The third-order valence-electron chi connectivity index (χ3n) is 8.24. The number of ether oxygens (including phenoxy) is 1. The summed E-state index contributed by atoms with van der Waals surface area (Å²) in [5, 5.41) is 14.5. The van der Waals surface area contributed by atoms with E-state index in [1.165, 1.54) is 24.4 Å². The zero-order chi connectivity index (χ0) is 37.7. The summed E-state index contributed by atoms with van der Waals surface area (Å²) in [5.74, 6) is -0.282. The highest BCUT2D eigenvalue weighted by atomic mass is 32.2. The number of halogens is 3. The Balaban J connectivity index is 1.48. The molecule has 4 aromatic rings. The number of nitrogens with one attached hydrogen (secondary N) is 2. The van der Waals surface area contributed by atoms with Gasteiger partial charge in [0.2, 0.25) is 0 Å². The molecule has 1 atom stereocenters. The second kappa shape index (κ2) is 19.1. The van der Waals surface area contributed by atoms with Crippen molar-refractivity contribution in [3.63, 3.8) is 0 Å². The molecule has 0 saturated heterocycles. The fourth-order valence-corrected chi connectivity index (χ4v) is 6.18. The summed E-state index contributed by atoms with van der Waals surface area (Å²) < 4.78 is 45.2. The van der Waals surface area contributed by atoms with Crippen LogP contribution in [0.25, 0.3) is 11.3 Å². The van der Waals surface area contributed by atoms with Crippen LogP contribution in [0, 0.1) is 0 Å². The molecular weight excluding hydrogens is 694 g/mol. The standard InChI is InChI=1S/C39H43F3N4O5S/c1-4-46(5-2)32-13-14-34(45-38(50)29-10-6-9-28(20-29)25-52-19-18-51-26(3)12-15-36(47)48)33(23-32)35-22-30(16-17-43-35)37(49)44-24-27-8-7-11-31(21-27)39(40,41)42/h6-11,13-14,16-17,20-23,26H,4-5,12,15,18-19,24-25H2,1-3H3,(H,44,49)(H,45,50)(H,47,48). The van der Waals surface area contributed by atoms with Gasteiger partial charge in [0.25, 0.3) is 11.8 Å². The van der Waals surface area contributed by atoms with E-state index in [1.807, 2.05) is 51.1 Å². The number of nitrogens with zero attached hydrogens (tertiary/aromatic N) is 2. The summed E-state index contributed by atoms with van der Waals surface area (Å²) in [7, 11) is 0. The van der Waals surface area contributed by atoms with E-state index in [9.17, 15) is 27.6 Å². The van der Waals surface area contributed by atoms with Gasteiger partial charge in [0, 0.05) is 66.1 Å². The number of carboxylic acids is 1. The number of amides is 2. The maximum absolute atomic E-state index is 13.6. The second-order valence-electron chi connectivity index (χ2n) is 12.0. The van der Waals surface area contributed by atoms with E-state index in [2.05, 4.69) is 20.5 Å². The van der Waals surface area contributed by atoms with E-state index in [1.54, 1.807) is 30.0 Å². The highest BCUT2D eigenvalue weighted by Gasteiger charge is 2.30. The van der Waals surface area contributed by atoms with E-state index >= 15 is 0 Å². The van der Waals surface area contributed by atoms with Crippen LogP contribution < -0.4 is 15.5 Å². The van der Waals surface area contributed by atoms with E-state index in [4.69, 9.17) is 9.84 Å². The lowest BCUT2D eigenvalue weighted by Gasteiger charge is -2.23. The van der Waals surface area contributed by atoms with Crippen molar-refractivity contribution in [3.8, 4) is 11.3 Å². The van der Waals surface area contributed by atoms with E-state index in [0.717, 1.165) is 36.5 Å². The number of carboxylic acid groups (broad SMARTS) is 1. The number of pyridine rings is 1. The van der Waals surface area contributed by atoms with Gasteiger partial charge in [0.05, 0.1) is 29.7 Å². The summed E-state index contributed by atoms with van der Waals surface area (Å²) >= 11 is 1.65. The summed E-state index contributed by atoms with van der Waals surface area (Å²) in [6.07, 6.45) is -2.62. The molecule has 0 bridgehead atoms. The van der Waals surface area contributed by atoms with Crippen LogP contribution in [0.1, 0.15) is 71.0 Å². The van der Waals surface area contributed by atoms with Crippen LogP contribution in [-0.4, -0.2) is 59.4 Å². The first-order valence-corrected chi connectivity index (χ1v) is 18.1. The van der Waals surface area contributed by atoms with Gasteiger partial charge in [0.15, 0.2) is 0 Å². The predicted octanol–water partition coefficient (Wildman–Crippen LogP) is 8.30. The number of carbonyl (C=O) groups is 3. The number of anilines is 2. The van der Waals surface area contributed by atoms with Gasteiger partial charge in [-0.1, -0.05) is 24.3 Å². The summed E-state index contributed by atoms with van der Waals surface area (Å²) in [5.41, 5.74) is 3.61. The number of carbonyl (C=O) groups excluding carboxylic acids is 2. The third-order valence-corrected chi connectivity index (χ3v) is 9.23. The molecule has 276 valence electrons. The molecule has 1 unspecified atom stereocenters. The highest BCUT2D eigenvalue weighted by molar-refractivity contribution is 7.98. The maximum Gasteiger partial charge on any atom is 0.416 e. The van der Waals surface area contributed by atoms with Crippen LogP contribution in [0.2, 0.25) is 0 Å². The first-order chi connectivity index (χ1) is 24.9. The van der Waals surface area contributed by atoms with Gasteiger partial charge in [-0.25, -0.2) is 0 Å². The molecule has 3 N–H and O–H groups in total. The van der Waals surface area contributed by atoms with Crippen LogP contribution in [-0.2, 0) is 28.0 Å². The molecule has 0 aliphatic rings. The topological polar surface area (TPSA) is 121 Å². The Bertz CT molecular complexity index is 1830. The molecule has 52 heavy (non-hydrogen) atoms. The average molecular weight is 737 g/mol. The molecule has 9 nitrogen and oxygen atoms in total. The van der Waals surface area contributed by atoms with Crippen molar-refractivity contribution in [1.29, 1.82) is 0 Å². The Morgan fingerprint density at radius 3 is 2.38 bits per heavy atom. The molecule has 4 rings (SSSR count). The predicted molar refractivity (Wildman–Crippen MR) is 199 cm³/mol. The Hall–Kier alpha value is -4.88. The van der Waals surface area contributed by atoms with Gasteiger partial charge in [0.1, 0.15) is 0 Å². The SMILES string of the molecule is CCN(CC)c1ccc(NC(=O)c2cccc(CSCCOC(C)CCC(=O)O)c2)c(-c2cc(C(=O)NCc3cccc(C(F)(F)F)c3)ccn2)c1. The number of aliphatic carboxylic acids is 1. The molecule has 1 aromatic heterocycles. The van der Waals surface area contributed by atoms with E-state index in [-0.39, 0.29) is 30.5 Å². The minimum Gasteiger partial charge on any atom is -0.481 e. The Morgan fingerprint density at radius 2 is 1.65 bits per heavy atom. The first kappa shape index (κ1) is 39.9. The number of hydrogen-bond acceptors (Lipinski definition) is 7. The van der Waals surface area contributed by atoms with Crippen LogP contribution in [0.4, 0.5) is 24.5 Å². The largest absolute Gasteiger partial charge is 0.481 e. The van der Waals surface area contributed by atoms with Crippen LogP contribution in [0.15, 0.2) is 85.1 Å². The third kappa shape index (κ3) is 11.8. The van der Waals surface area contributed by atoms with Crippen LogP contribution in [0.5, 0.6) is 0 Å². The number of rotatable bonds is 18. The van der Waals surface area contributed by atoms with Gasteiger partial charge in [-0.3, -0.25) is 19.4 Å². The van der Waals surface area contributed by atoms with Crippen molar-refractivity contribution >= 4 is 40.9 Å². The van der Waals surface area contributed by atoms with Gasteiger partial charge < -0.3 is 25.4 Å². The lowest BCUT2D eigenvalue weighted by atomic mass is 10.0. The molecule has 0 fully saturated rings. The van der Waals surface area contributed by atoms with Crippen LogP contribution in [0.3, 0.4) is 0 Å². The molecule has 0 aliphatic carbocycles. The van der Waals surface area contributed by atoms with Crippen molar-refractivity contribution in [2.45, 2.75) is 58.2 Å². The fraction of sp³-hybridized carbons (Fsp3) is 0.333. The number of thioether (sulfide) groups is 1. The molecule has 3 aromatic carbocycles. The van der Waals surface area contributed by atoms with Gasteiger partial charge in [-0.15, -0.1) is 0 Å². The van der Waals surface area contributed by atoms with Crippen molar-refractivity contribution in [3.05, 3.63) is 113 Å². The van der Waals surface area contributed by atoms with Crippen molar-refractivity contribution in [2.75, 3.05) is 35.7 Å².